The van der Waals surface area contributed by atoms with Crippen molar-refractivity contribution in [1.29, 1.82) is 0 Å². The number of hydrogen-bond acceptors (Lipinski definition) is 2. The summed E-state index contributed by atoms with van der Waals surface area (Å²) in [6.07, 6.45) is 6.41. The molecule has 19 heavy (non-hydrogen) atoms. The zero-order chi connectivity index (χ0) is 13.6. The molecule has 1 aromatic heterocycles. The van der Waals surface area contributed by atoms with Crippen molar-refractivity contribution in [2.45, 2.75) is 64.8 Å². The molecule has 3 rings (SSSR count). The zero-order valence-electron chi connectivity index (χ0n) is 11.8. The molecule has 1 unspecified atom stereocenters. The van der Waals surface area contributed by atoms with Gasteiger partial charge in [0.1, 0.15) is 0 Å². The van der Waals surface area contributed by atoms with E-state index in [4.69, 9.17) is 0 Å². The Hall–Kier alpha value is -1.38. The SMILES string of the molecule is CCC(=O)c1c(C(=O)CC)c2n3c1CCCC3CC2. The predicted octanol–water partition coefficient (Wildman–Crippen LogP) is 3.50. The highest BCUT2D eigenvalue weighted by Crippen LogP contribution is 2.42. The first-order valence-corrected chi connectivity index (χ1v) is 7.51. The van der Waals surface area contributed by atoms with Crippen molar-refractivity contribution >= 4 is 11.6 Å². The van der Waals surface area contributed by atoms with Crippen LogP contribution < -0.4 is 0 Å². The third-order valence-corrected chi connectivity index (χ3v) is 4.64. The van der Waals surface area contributed by atoms with Crippen LogP contribution in [-0.4, -0.2) is 16.1 Å². The Morgan fingerprint density at radius 2 is 1.58 bits per heavy atom. The molecule has 3 nitrogen and oxygen atoms in total. The van der Waals surface area contributed by atoms with Gasteiger partial charge in [0.05, 0.1) is 0 Å². The highest BCUT2D eigenvalue weighted by Gasteiger charge is 2.37. The maximum absolute atomic E-state index is 12.3. The average Bonchev–Trinajstić information content (AvgIpc) is 3.00. The van der Waals surface area contributed by atoms with Crippen LogP contribution in [0, 0.1) is 0 Å². The molecule has 2 aliphatic rings. The largest absolute Gasteiger partial charge is 0.344 e. The van der Waals surface area contributed by atoms with Crippen LogP contribution >= 0.6 is 0 Å². The lowest BCUT2D eigenvalue weighted by Gasteiger charge is -2.23. The van der Waals surface area contributed by atoms with Crippen LogP contribution in [0.3, 0.4) is 0 Å². The van der Waals surface area contributed by atoms with E-state index in [1.54, 1.807) is 0 Å². The van der Waals surface area contributed by atoms with E-state index in [1.165, 1.54) is 6.42 Å². The number of carbonyl (C=O) groups excluding carboxylic acids is 2. The minimum Gasteiger partial charge on any atom is -0.344 e. The van der Waals surface area contributed by atoms with Crippen molar-refractivity contribution in [3.8, 4) is 0 Å². The highest BCUT2D eigenvalue weighted by molar-refractivity contribution is 6.10. The molecule has 0 spiro atoms. The molecule has 0 fully saturated rings. The molecule has 1 atom stereocenters. The van der Waals surface area contributed by atoms with Crippen molar-refractivity contribution in [2.24, 2.45) is 0 Å². The summed E-state index contributed by atoms with van der Waals surface area (Å²) in [5, 5.41) is 0. The van der Waals surface area contributed by atoms with Crippen molar-refractivity contribution in [3.63, 3.8) is 0 Å². The van der Waals surface area contributed by atoms with Gasteiger partial charge in [-0.2, -0.15) is 0 Å². The van der Waals surface area contributed by atoms with Crippen LogP contribution in [-0.2, 0) is 12.8 Å². The van der Waals surface area contributed by atoms with Gasteiger partial charge < -0.3 is 4.57 Å². The number of aromatic nitrogens is 1. The van der Waals surface area contributed by atoms with Gasteiger partial charge in [0.2, 0.25) is 0 Å². The van der Waals surface area contributed by atoms with Gasteiger partial charge in [-0.1, -0.05) is 13.8 Å². The van der Waals surface area contributed by atoms with Crippen molar-refractivity contribution in [1.82, 2.24) is 4.57 Å². The van der Waals surface area contributed by atoms with Crippen LogP contribution in [0.5, 0.6) is 0 Å². The minimum absolute atomic E-state index is 0.148. The van der Waals surface area contributed by atoms with E-state index in [0.717, 1.165) is 48.2 Å². The van der Waals surface area contributed by atoms with Gasteiger partial charge in [-0.25, -0.2) is 0 Å². The van der Waals surface area contributed by atoms with Gasteiger partial charge in [0, 0.05) is 41.4 Å². The summed E-state index contributed by atoms with van der Waals surface area (Å²) in [6, 6.07) is 0.542. The maximum atomic E-state index is 12.3. The Kier molecular flexibility index (Phi) is 3.08. The topological polar surface area (TPSA) is 39.1 Å². The molecule has 3 heterocycles. The fourth-order valence-electron chi connectivity index (χ4n) is 3.79. The third kappa shape index (κ3) is 1.71. The van der Waals surface area contributed by atoms with E-state index in [-0.39, 0.29) is 11.6 Å². The fourth-order valence-corrected chi connectivity index (χ4v) is 3.79. The molecule has 0 aliphatic carbocycles. The van der Waals surface area contributed by atoms with Gasteiger partial charge in [-0.05, 0) is 32.1 Å². The maximum Gasteiger partial charge on any atom is 0.165 e. The van der Waals surface area contributed by atoms with Crippen molar-refractivity contribution in [2.75, 3.05) is 0 Å². The van der Waals surface area contributed by atoms with E-state index >= 15 is 0 Å². The Balaban J connectivity index is 2.25. The second-order valence-corrected chi connectivity index (χ2v) is 5.65. The molecule has 0 aromatic carbocycles. The van der Waals surface area contributed by atoms with Crippen LogP contribution in [0.4, 0.5) is 0 Å². The van der Waals surface area contributed by atoms with E-state index < -0.39 is 0 Å². The van der Waals surface area contributed by atoms with Crippen molar-refractivity contribution in [3.05, 3.63) is 22.5 Å². The Labute approximate surface area is 114 Å². The van der Waals surface area contributed by atoms with Crippen LogP contribution in [0.15, 0.2) is 0 Å². The first-order chi connectivity index (χ1) is 9.19. The molecule has 0 amide bonds. The summed E-state index contributed by atoms with van der Waals surface area (Å²) in [6.45, 7) is 3.77. The average molecular weight is 259 g/mol. The number of hydrogen-bond donors (Lipinski definition) is 0. The molecule has 2 aliphatic heterocycles. The lowest BCUT2D eigenvalue weighted by Crippen LogP contribution is -2.16. The number of ketones is 2. The monoisotopic (exact) mass is 259 g/mol. The Morgan fingerprint density at radius 1 is 1.00 bits per heavy atom. The molecule has 0 N–H and O–H groups in total. The van der Waals surface area contributed by atoms with Crippen LogP contribution in [0.25, 0.3) is 0 Å². The van der Waals surface area contributed by atoms with E-state index in [2.05, 4.69) is 4.57 Å². The van der Waals surface area contributed by atoms with Gasteiger partial charge in [-0.15, -0.1) is 0 Å². The van der Waals surface area contributed by atoms with Gasteiger partial charge >= 0.3 is 0 Å². The number of nitrogens with zero attached hydrogens (tertiary/aromatic N) is 1. The van der Waals surface area contributed by atoms with Gasteiger partial charge in [-0.3, -0.25) is 9.59 Å². The number of rotatable bonds is 4. The lowest BCUT2D eigenvalue weighted by molar-refractivity contribution is 0.0954. The van der Waals surface area contributed by atoms with Gasteiger partial charge in [0.25, 0.3) is 0 Å². The molecular weight excluding hydrogens is 238 g/mol. The molecule has 0 bridgehead atoms. The smallest absolute Gasteiger partial charge is 0.165 e. The Bertz CT molecular complexity index is 537. The molecule has 102 valence electrons. The number of Topliss-reactive ketones (excluding diaryl/α,β-unsaturated/α-hetero) is 2. The molecule has 0 saturated carbocycles. The van der Waals surface area contributed by atoms with Crippen molar-refractivity contribution < 1.29 is 9.59 Å². The first-order valence-electron chi connectivity index (χ1n) is 7.51. The molecule has 3 heteroatoms. The Morgan fingerprint density at radius 3 is 2.16 bits per heavy atom. The quantitative estimate of drug-likeness (QED) is 0.776. The molecule has 1 aromatic rings. The summed E-state index contributed by atoms with van der Waals surface area (Å²) in [4.78, 5) is 24.6. The second-order valence-electron chi connectivity index (χ2n) is 5.65. The number of carbonyl (C=O) groups is 2. The second kappa shape index (κ2) is 4.62. The van der Waals surface area contributed by atoms with Crippen LogP contribution in [0.1, 0.15) is 84.1 Å². The molecular formula is C16H21NO2. The first kappa shape index (κ1) is 12.6. The summed E-state index contributed by atoms with van der Waals surface area (Å²) in [5.41, 5.74) is 3.86. The highest BCUT2D eigenvalue weighted by atomic mass is 16.1. The van der Waals surface area contributed by atoms with Gasteiger partial charge in [0.15, 0.2) is 11.6 Å². The molecule has 0 radical (unpaired) electrons. The van der Waals surface area contributed by atoms with Crippen LogP contribution in [0.2, 0.25) is 0 Å². The van der Waals surface area contributed by atoms with E-state index in [1.807, 2.05) is 13.8 Å². The van der Waals surface area contributed by atoms with E-state index in [9.17, 15) is 9.59 Å². The zero-order valence-corrected chi connectivity index (χ0v) is 11.8. The third-order valence-electron chi connectivity index (χ3n) is 4.64. The minimum atomic E-state index is 0.148. The summed E-state index contributed by atoms with van der Waals surface area (Å²) < 4.78 is 2.34. The summed E-state index contributed by atoms with van der Waals surface area (Å²) >= 11 is 0. The lowest BCUT2D eigenvalue weighted by atomic mass is 9.92. The fraction of sp³-hybridized carbons (Fsp3) is 0.625. The molecule has 0 saturated heterocycles. The summed E-state index contributed by atoms with van der Waals surface area (Å²) in [5.74, 6) is 0.295. The normalized spacial score (nSPS) is 20.4. The standard InChI is InChI=1S/C16H21NO2/c1-3-13(18)15-11-7-5-6-10-8-9-12(17(10)11)16(15)14(19)4-2/h10H,3-9H2,1-2H3. The predicted molar refractivity (Wildman–Crippen MR) is 74.0 cm³/mol. The van der Waals surface area contributed by atoms with E-state index in [0.29, 0.717) is 18.9 Å². The summed E-state index contributed by atoms with van der Waals surface area (Å²) in [7, 11) is 0.